The lowest BCUT2D eigenvalue weighted by Gasteiger charge is -2.11. The molecule has 1 atom stereocenters. The summed E-state index contributed by atoms with van der Waals surface area (Å²) >= 11 is 0. The van der Waals surface area contributed by atoms with Crippen LogP contribution < -0.4 is 0 Å². The molecule has 2 aromatic heterocycles. The SMILES string of the molecule is OCCC(O)OCn1ccc2cncnc21. The van der Waals surface area contributed by atoms with E-state index in [0.717, 1.165) is 11.0 Å². The van der Waals surface area contributed by atoms with Crippen LogP contribution in [0, 0.1) is 0 Å². The Morgan fingerprint density at radius 3 is 3.19 bits per heavy atom. The fourth-order valence-electron chi connectivity index (χ4n) is 1.40. The predicted octanol–water partition coefficient (Wildman–Crippen LogP) is 0.106. The molecule has 2 aromatic rings. The lowest BCUT2D eigenvalue weighted by atomic mass is 10.4. The van der Waals surface area contributed by atoms with Gasteiger partial charge in [0.15, 0.2) is 6.29 Å². The third-order valence-electron chi connectivity index (χ3n) is 2.21. The summed E-state index contributed by atoms with van der Waals surface area (Å²) in [7, 11) is 0. The van der Waals surface area contributed by atoms with Crippen molar-refractivity contribution < 1.29 is 14.9 Å². The van der Waals surface area contributed by atoms with E-state index in [1.807, 2.05) is 12.3 Å². The number of rotatable bonds is 5. The summed E-state index contributed by atoms with van der Waals surface area (Å²) in [5.74, 6) is 0. The van der Waals surface area contributed by atoms with Gasteiger partial charge in [-0.3, -0.25) is 0 Å². The van der Waals surface area contributed by atoms with Crippen molar-refractivity contribution in [3.8, 4) is 0 Å². The molecular weight excluding hydrogens is 210 g/mol. The van der Waals surface area contributed by atoms with Crippen LogP contribution >= 0.6 is 0 Å². The quantitative estimate of drug-likeness (QED) is 0.703. The number of aliphatic hydroxyl groups excluding tert-OH is 2. The summed E-state index contributed by atoms with van der Waals surface area (Å²) in [6, 6.07) is 1.87. The van der Waals surface area contributed by atoms with Crippen molar-refractivity contribution in [1.82, 2.24) is 14.5 Å². The molecule has 86 valence electrons. The van der Waals surface area contributed by atoms with E-state index in [2.05, 4.69) is 9.97 Å². The highest BCUT2D eigenvalue weighted by Gasteiger charge is 2.05. The molecule has 0 aliphatic carbocycles. The molecule has 0 fully saturated rings. The normalized spacial score (nSPS) is 13.1. The summed E-state index contributed by atoms with van der Waals surface area (Å²) < 4.78 is 6.89. The lowest BCUT2D eigenvalue weighted by Crippen LogP contribution is -2.16. The van der Waals surface area contributed by atoms with Crippen molar-refractivity contribution in [2.75, 3.05) is 6.61 Å². The Bertz CT molecular complexity index is 457. The van der Waals surface area contributed by atoms with Gasteiger partial charge in [0.05, 0.1) is 0 Å². The van der Waals surface area contributed by atoms with Crippen molar-refractivity contribution in [2.24, 2.45) is 0 Å². The standard InChI is InChI=1S/C10H13N3O3/c14-4-2-9(15)16-7-13-3-1-8-5-11-6-12-10(8)13/h1,3,5-6,9,14-15H,2,4,7H2. The molecule has 6 heteroatoms. The van der Waals surface area contributed by atoms with Crippen molar-refractivity contribution >= 4 is 11.0 Å². The van der Waals surface area contributed by atoms with E-state index in [1.54, 1.807) is 10.8 Å². The maximum atomic E-state index is 9.29. The number of ether oxygens (including phenoxy) is 1. The van der Waals surface area contributed by atoms with E-state index in [4.69, 9.17) is 9.84 Å². The number of aliphatic hydroxyl groups is 2. The zero-order chi connectivity index (χ0) is 11.4. The first-order valence-corrected chi connectivity index (χ1v) is 4.96. The van der Waals surface area contributed by atoms with Gasteiger partial charge >= 0.3 is 0 Å². The smallest absolute Gasteiger partial charge is 0.159 e. The van der Waals surface area contributed by atoms with E-state index in [0.29, 0.717) is 0 Å². The summed E-state index contributed by atoms with van der Waals surface area (Å²) in [6.07, 6.45) is 4.23. The third kappa shape index (κ3) is 2.35. The van der Waals surface area contributed by atoms with E-state index in [-0.39, 0.29) is 19.8 Å². The third-order valence-corrected chi connectivity index (χ3v) is 2.21. The first kappa shape index (κ1) is 11.0. The lowest BCUT2D eigenvalue weighted by molar-refractivity contribution is -0.132. The molecule has 2 rings (SSSR count). The van der Waals surface area contributed by atoms with Gasteiger partial charge < -0.3 is 19.5 Å². The van der Waals surface area contributed by atoms with Gasteiger partial charge in [0, 0.05) is 30.8 Å². The van der Waals surface area contributed by atoms with Gasteiger partial charge in [-0.25, -0.2) is 9.97 Å². The maximum Gasteiger partial charge on any atom is 0.159 e. The van der Waals surface area contributed by atoms with Crippen LogP contribution in [0.1, 0.15) is 6.42 Å². The number of hydrogen-bond acceptors (Lipinski definition) is 5. The first-order chi connectivity index (χ1) is 7.81. The van der Waals surface area contributed by atoms with E-state index >= 15 is 0 Å². The van der Waals surface area contributed by atoms with Crippen LogP contribution in [0.2, 0.25) is 0 Å². The van der Waals surface area contributed by atoms with Crippen LogP contribution in [-0.4, -0.2) is 37.6 Å². The highest BCUT2D eigenvalue weighted by atomic mass is 16.6. The van der Waals surface area contributed by atoms with Crippen LogP contribution in [0.15, 0.2) is 24.8 Å². The first-order valence-electron chi connectivity index (χ1n) is 4.96. The van der Waals surface area contributed by atoms with Gasteiger partial charge in [-0.15, -0.1) is 0 Å². The molecule has 0 spiro atoms. The number of nitrogens with zero attached hydrogens (tertiary/aromatic N) is 3. The minimum Gasteiger partial charge on any atom is -0.396 e. The van der Waals surface area contributed by atoms with Crippen LogP contribution in [0.5, 0.6) is 0 Å². The molecule has 0 amide bonds. The number of aromatic nitrogens is 3. The molecule has 0 saturated carbocycles. The van der Waals surface area contributed by atoms with Gasteiger partial charge in [-0.2, -0.15) is 0 Å². The van der Waals surface area contributed by atoms with E-state index in [1.165, 1.54) is 6.33 Å². The number of fused-ring (bicyclic) bond motifs is 1. The Hall–Kier alpha value is -1.50. The van der Waals surface area contributed by atoms with Crippen molar-refractivity contribution in [3.63, 3.8) is 0 Å². The maximum absolute atomic E-state index is 9.29. The molecule has 2 heterocycles. The van der Waals surface area contributed by atoms with Crippen molar-refractivity contribution in [2.45, 2.75) is 19.4 Å². The van der Waals surface area contributed by atoms with Crippen molar-refractivity contribution in [1.29, 1.82) is 0 Å². The molecule has 0 aliphatic rings. The Morgan fingerprint density at radius 2 is 2.38 bits per heavy atom. The number of hydrogen-bond donors (Lipinski definition) is 2. The summed E-state index contributed by atoms with van der Waals surface area (Å²) in [6.45, 7) is 0.0947. The molecule has 0 saturated heterocycles. The zero-order valence-electron chi connectivity index (χ0n) is 8.65. The minimum atomic E-state index is -0.954. The monoisotopic (exact) mass is 223 g/mol. The summed E-state index contributed by atoms with van der Waals surface area (Å²) in [4.78, 5) is 8.01. The Morgan fingerprint density at radius 1 is 1.50 bits per heavy atom. The zero-order valence-corrected chi connectivity index (χ0v) is 8.65. The highest BCUT2D eigenvalue weighted by Crippen LogP contribution is 2.11. The highest BCUT2D eigenvalue weighted by molar-refractivity contribution is 5.74. The molecule has 6 nitrogen and oxygen atoms in total. The Balaban J connectivity index is 2.04. The molecule has 0 bridgehead atoms. The van der Waals surface area contributed by atoms with Crippen molar-refractivity contribution in [3.05, 3.63) is 24.8 Å². The van der Waals surface area contributed by atoms with Crippen LogP contribution in [0.3, 0.4) is 0 Å². The molecule has 16 heavy (non-hydrogen) atoms. The van der Waals surface area contributed by atoms with Crippen LogP contribution in [0.25, 0.3) is 11.0 Å². The van der Waals surface area contributed by atoms with Gasteiger partial charge in [0.25, 0.3) is 0 Å². The second kappa shape index (κ2) is 5.02. The van der Waals surface area contributed by atoms with Gasteiger partial charge in [0.1, 0.15) is 18.7 Å². The summed E-state index contributed by atoms with van der Waals surface area (Å²) in [5.41, 5.74) is 0.756. The average molecular weight is 223 g/mol. The van der Waals surface area contributed by atoms with Crippen LogP contribution in [0.4, 0.5) is 0 Å². The second-order valence-electron chi connectivity index (χ2n) is 3.35. The largest absolute Gasteiger partial charge is 0.396 e. The Kier molecular flexibility index (Phi) is 3.45. The molecule has 0 aromatic carbocycles. The predicted molar refractivity (Wildman–Crippen MR) is 56.3 cm³/mol. The van der Waals surface area contributed by atoms with Crippen LogP contribution in [-0.2, 0) is 11.5 Å². The van der Waals surface area contributed by atoms with E-state index in [9.17, 15) is 5.11 Å². The second-order valence-corrected chi connectivity index (χ2v) is 3.35. The molecule has 1 unspecified atom stereocenters. The fraction of sp³-hybridized carbons (Fsp3) is 0.400. The molecular formula is C10H13N3O3. The molecule has 0 radical (unpaired) electrons. The summed E-state index contributed by atoms with van der Waals surface area (Å²) in [5, 5.41) is 18.8. The Labute approximate surface area is 92.1 Å². The fourth-order valence-corrected chi connectivity index (χ4v) is 1.40. The average Bonchev–Trinajstić information content (AvgIpc) is 2.70. The topological polar surface area (TPSA) is 80.4 Å². The van der Waals surface area contributed by atoms with Gasteiger partial charge in [-0.1, -0.05) is 0 Å². The molecule has 0 aliphatic heterocycles. The van der Waals surface area contributed by atoms with E-state index < -0.39 is 6.29 Å². The van der Waals surface area contributed by atoms with Gasteiger partial charge in [-0.05, 0) is 6.07 Å². The molecule has 2 N–H and O–H groups in total. The van der Waals surface area contributed by atoms with Gasteiger partial charge in [0.2, 0.25) is 0 Å². The minimum absolute atomic E-state index is 0.101.